The minimum absolute atomic E-state index is 0. The zero-order valence-electron chi connectivity index (χ0n) is 13.5. The largest absolute Gasteiger partial charge is 1.00 e. The first-order valence-electron chi connectivity index (χ1n) is 6.21. The van der Waals surface area contributed by atoms with Gasteiger partial charge in [-0.1, -0.05) is 126 Å². The van der Waals surface area contributed by atoms with Crippen LogP contribution in [0, 0.1) is 0 Å². The van der Waals surface area contributed by atoms with Gasteiger partial charge in [0.05, 0.1) is 4.23 Å². The molecular formula is C10H11BCl10Li2O2. The Morgan fingerprint density at radius 1 is 0.680 bits per heavy atom. The van der Waals surface area contributed by atoms with E-state index in [2.05, 4.69) is 0 Å². The van der Waals surface area contributed by atoms with Gasteiger partial charge in [0, 0.05) is 0 Å². The van der Waals surface area contributed by atoms with Gasteiger partial charge in [-0.2, -0.15) is 0 Å². The van der Waals surface area contributed by atoms with Gasteiger partial charge in [0.15, 0.2) is 17.3 Å². The molecule has 15 heteroatoms. The van der Waals surface area contributed by atoms with Crippen LogP contribution in [0.3, 0.4) is 0 Å². The Labute approximate surface area is 222 Å². The molecule has 0 aliphatic carbocycles. The summed E-state index contributed by atoms with van der Waals surface area (Å²) in [6.07, 6.45) is 2.24. The van der Waals surface area contributed by atoms with Crippen molar-refractivity contribution in [1.29, 1.82) is 0 Å². The third-order valence-electron chi connectivity index (χ3n) is 3.06. The molecule has 0 rings (SSSR count). The van der Waals surface area contributed by atoms with Crippen LogP contribution < -0.4 is 47.8 Å². The maximum Gasteiger partial charge on any atom is 1.00 e. The molecule has 0 saturated heterocycles. The van der Waals surface area contributed by atoms with E-state index in [1.165, 1.54) is 0 Å². The van der Waals surface area contributed by atoms with Crippen LogP contribution in [0.1, 0.15) is 32.6 Å². The van der Waals surface area contributed by atoms with Gasteiger partial charge >= 0.3 is 37.7 Å². The van der Waals surface area contributed by atoms with Crippen molar-refractivity contribution in [3.05, 3.63) is 0 Å². The Morgan fingerprint density at radius 2 is 1.08 bits per heavy atom. The first kappa shape index (κ1) is 33.7. The molecule has 0 amide bonds. The van der Waals surface area contributed by atoms with E-state index in [0.29, 0.717) is 6.42 Å². The van der Waals surface area contributed by atoms with Gasteiger partial charge in [-0.05, 0) is 6.42 Å². The molecule has 0 aromatic carbocycles. The van der Waals surface area contributed by atoms with E-state index in [4.69, 9.17) is 116 Å². The molecule has 0 spiro atoms. The molecule has 138 valence electrons. The van der Waals surface area contributed by atoms with Crippen molar-refractivity contribution in [1.82, 2.24) is 0 Å². The SMILES string of the molecule is CCCCCC(Cl)(Cl)C(Cl)(Cl)C(Cl)(Cl)C(Cl)(Cl)C(Cl)(Cl)B([O-])[O-].[Li+].[Li+]. The smallest absolute Gasteiger partial charge is 0.891 e. The van der Waals surface area contributed by atoms with Gasteiger partial charge in [-0.25, -0.2) is 0 Å². The number of hydrogen-bond donors (Lipinski definition) is 0. The number of hydrogen-bond acceptors (Lipinski definition) is 2. The molecule has 0 unspecified atom stereocenters. The number of unbranched alkanes of at least 4 members (excludes halogenated alkanes) is 2. The van der Waals surface area contributed by atoms with Crippen molar-refractivity contribution < 1.29 is 47.8 Å². The molecule has 0 aromatic rings. The van der Waals surface area contributed by atoms with Gasteiger partial charge in [0.2, 0.25) is 0 Å². The van der Waals surface area contributed by atoms with Crippen LogP contribution in [0.15, 0.2) is 0 Å². The van der Waals surface area contributed by atoms with Gasteiger partial charge in [-0.3, -0.25) is 0 Å². The Kier molecular flexibility index (Phi) is 16.5. The van der Waals surface area contributed by atoms with Crippen molar-refractivity contribution in [2.75, 3.05) is 0 Å². The van der Waals surface area contributed by atoms with Crippen LogP contribution in [0.4, 0.5) is 0 Å². The van der Waals surface area contributed by atoms with E-state index in [0.717, 1.165) is 12.8 Å². The van der Waals surface area contributed by atoms with Gasteiger partial charge in [0.1, 0.15) is 0 Å². The van der Waals surface area contributed by atoms with Crippen molar-refractivity contribution in [2.24, 2.45) is 0 Å². The molecule has 0 radical (unpaired) electrons. The molecular weight excluding hydrogens is 531 g/mol. The normalized spacial score (nSPS) is 13.8. The summed E-state index contributed by atoms with van der Waals surface area (Å²) >= 11 is 59.8. The molecule has 2 nitrogen and oxygen atoms in total. The average molecular weight is 542 g/mol. The van der Waals surface area contributed by atoms with Crippen molar-refractivity contribution in [2.45, 2.75) is 54.2 Å². The topological polar surface area (TPSA) is 46.1 Å². The number of alkyl halides is 10. The maximum absolute atomic E-state index is 11.2. The summed E-state index contributed by atoms with van der Waals surface area (Å²) in [6.45, 7) is 1.95. The monoisotopic (exact) mass is 538 g/mol. The molecule has 0 aromatic heterocycles. The number of rotatable bonds is 9. The third-order valence-corrected chi connectivity index (χ3v) is 9.98. The number of halogens is 10. The summed E-state index contributed by atoms with van der Waals surface area (Å²) in [5.41, 5.74) is 0. The zero-order valence-corrected chi connectivity index (χ0v) is 21.1. The predicted octanol–water partition coefficient (Wildman–Crippen LogP) is -0.808. The van der Waals surface area contributed by atoms with E-state index < -0.39 is 28.7 Å². The zero-order chi connectivity index (χ0) is 18.9. The quantitative estimate of drug-likeness (QED) is 0.218. The fourth-order valence-corrected chi connectivity index (χ4v) is 4.51. The minimum Gasteiger partial charge on any atom is -0.891 e. The molecule has 25 heavy (non-hydrogen) atoms. The van der Waals surface area contributed by atoms with Crippen LogP contribution in [0.2, 0.25) is 0 Å². The second-order valence-corrected chi connectivity index (χ2v) is 11.7. The second-order valence-electron chi connectivity index (χ2n) is 4.84. The van der Waals surface area contributed by atoms with Crippen LogP contribution in [-0.2, 0) is 0 Å². The summed E-state index contributed by atoms with van der Waals surface area (Å²) in [7, 11) is -2.93. The first-order valence-corrected chi connectivity index (χ1v) is 9.99. The molecule has 0 fully saturated rings. The molecule has 0 atom stereocenters. The average Bonchev–Trinajstić information content (AvgIpc) is 2.37. The molecule has 0 saturated carbocycles. The summed E-state index contributed by atoms with van der Waals surface area (Å²) in [5.74, 6) is 0. The standard InChI is InChI=1S/C10H11BCl10O2.2Li/c1-2-3-4-5-6(12,13)7(14,15)8(16,17)9(18,19)10(20,21)11(22)23;;/h2-5H2,1H3;;/q-2;2*+1. The minimum atomic E-state index is -2.93. The predicted molar refractivity (Wildman–Crippen MR) is 102 cm³/mol. The van der Waals surface area contributed by atoms with E-state index >= 15 is 0 Å². The summed E-state index contributed by atoms with van der Waals surface area (Å²) in [5, 5.41) is 22.3. The van der Waals surface area contributed by atoms with E-state index in [1.807, 2.05) is 6.92 Å². The second kappa shape index (κ2) is 12.2. The summed E-state index contributed by atoms with van der Waals surface area (Å²) in [6, 6.07) is 0. The van der Waals surface area contributed by atoms with Crippen LogP contribution >= 0.6 is 116 Å². The first-order chi connectivity index (χ1) is 10.0. The van der Waals surface area contributed by atoms with Crippen LogP contribution in [-0.4, -0.2) is 28.7 Å². The fourth-order valence-electron chi connectivity index (χ4n) is 1.54. The Bertz CT molecular complexity index is 409. The molecule has 0 N–H and O–H groups in total. The maximum atomic E-state index is 11.2. The molecule has 0 aliphatic heterocycles. The molecule has 0 heterocycles. The van der Waals surface area contributed by atoms with Crippen molar-refractivity contribution in [3.63, 3.8) is 0 Å². The van der Waals surface area contributed by atoms with Crippen LogP contribution in [0.5, 0.6) is 0 Å². The summed E-state index contributed by atoms with van der Waals surface area (Å²) < 4.78 is -12.7. The summed E-state index contributed by atoms with van der Waals surface area (Å²) in [4.78, 5) is 0. The van der Waals surface area contributed by atoms with Crippen LogP contribution in [0.25, 0.3) is 0 Å². The van der Waals surface area contributed by atoms with E-state index in [-0.39, 0.29) is 44.1 Å². The van der Waals surface area contributed by atoms with Crippen molar-refractivity contribution in [3.8, 4) is 0 Å². The fraction of sp³-hybridized carbons (Fsp3) is 1.00. The van der Waals surface area contributed by atoms with Gasteiger partial charge in [0.25, 0.3) is 0 Å². The Balaban J connectivity index is -0.00000242. The van der Waals surface area contributed by atoms with Gasteiger partial charge in [-0.15, -0.1) is 23.2 Å². The third kappa shape index (κ3) is 7.04. The van der Waals surface area contributed by atoms with Gasteiger partial charge < -0.3 is 10.0 Å². The molecule has 0 bridgehead atoms. The van der Waals surface area contributed by atoms with Crippen molar-refractivity contribution >= 4 is 123 Å². The Hall–Kier alpha value is 4.08. The van der Waals surface area contributed by atoms with E-state index in [9.17, 15) is 10.0 Å². The van der Waals surface area contributed by atoms with E-state index in [1.54, 1.807) is 0 Å². The Morgan fingerprint density at radius 3 is 1.40 bits per heavy atom. The molecule has 0 aliphatic rings.